The maximum atomic E-state index is 12.1. The van der Waals surface area contributed by atoms with E-state index in [1.54, 1.807) is 21.7 Å². The number of aromatic nitrogens is 1. The minimum absolute atomic E-state index is 0. The molecule has 2 heterocycles. The molecule has 0 aromatic carbocycles. The molecule has 0 bridgehead atoms. The van der Waals surface area contributed by atoms with Gasteiger partial charge in [-0.15, -0.1) is 36.2 Å². The minimum Gasteiger partial charge on any atom is -0.338 e. The van der Waals surface area contributed by atoms with Crippen LogP contribution in [0, 0.1) is 0 Å². The third kappa shape index (κ3) is 4.72. The molecule has 1 aliphatic rings. The van der Waals surface area contributed by atoms with Crippen LogP contribution in [0.3, 0.4) is 0 Å². The average Bonchev–Trinajstić information content (AvgIpc) is 2.82. The summed E-state index contributed by atoms with van der Waals surface area (Å²) in [5.41, 5.74) is 2.77. The van der Waals surface area contributed by atoms with Gasteiger partial charge in [-0.1, -0.05) is 6.42 Å². The molecule has 0 saturated carbocycles. The fraction of sp³-hybridized carbons (Fsp3) is 0.636. The molecule has 0 radical (unpaired) electrons. The van der Waals surface area contributed by atoms with Gasteiger partial charge in [0.1, 0.15) is 0 Å². The van der Waals surface area contributed by atoms with Gasteiger partial charge >= 0.3 is 0 Å². The Hall–Kier alpha value is -0.360. The van der Waals surface area contributed by atoms with E-state index in [9.17, 15) is 4.79 Å². The molecule has 0 unspecified atom stereocenters. The zero-order valence-corrected chi connectivity index (χ0v) is 12.7. The summed E-state index contributed by atoms with van der Waals surface area (Å²) < 4.78 is 0. The molecule has 1 fully saturated rings. The SMILES string of the molecule is CN(Cc1cscn1)C(=O)[C@@H]1CCCCN1.Cl.Cl. The number of carbonyl (C=O) groups excluding carboxylic acids is 1. The highest BCUT2D eigenvalue weighted by molar-refractivity contribution is 7.07. The summed E-state index contributed by atoms with van der Waals surface area (Å²) in [6, 6.07) is 0.0115. The first-order valence-electron chi connectivity index (χ1n) is 5.63. The summed E-state index contributed by atoms with van der Waals surface area (Å²) in [4.78, 5) is 18.0. The van der Waals surface area contributed by atoms with Gasteiger partial charge in [0.15, 0.2) is 0 Å². The number of piperidine rings is 1. The van der Waals surface area contributed by atoms with Crippen LogP contribution in [0.5, 0.6) is 0 Å². The van der Waals surface area contributed by atoms with E-state index in [0.717, 1.165) is 25.1 Å². The summed E-state index contributed by atoms with van der Waals surface area (Å²) in [6.07, 6.45) is 3.29. The van der Waals surface area contributed by atoms with Crippen molar-refractivity contribution in [3.8, 4) is 0 Å². The van der Waals surface area contributed by atoms with Crippen LogP contribution >= 0.6 is 36.2 Å². The van der Waals surface area contributed by atoms with Crippen molar-refractivity contribution in [3.05, 3.63) is 16.6 Å². The quantitative estimate of drug-likeness (QED) is 0.929. The topological polar surface area (TPSA) is 45.2 Å². The number of likely N-dealkylation sites (N-methyl/N-ethyl adjacent to an activating group) is 1. The smallest absolute Gasteiger partial charge is 0.239 e. The molecule has 1 aromatic heterocycles. The van der Waals surface area contributed by atoms with E-state index in [0.29, 0.717) is 6.54 Å². The predicted molar refractivity (Wildman–Crippen MR) is 78.7 cm³/mol. The lowest BCUT2D eigenvalue weighted by Crippen LogP contribution is -2.47. The number of rotatable bonds is 3. The lowest BCUT2D eigenvalue weighted by molar-refractivity contribution is -0.133. The number of halogens is 2. The number of hydrogen-bond acceptors (Lipinski definition) is 4. The summed E-state index contributed by atoms with van der Waals surface area (Å²) >= 11 is 1.56. The van der Waals surface area contributed by atoms with Crippen LogP contribution < -0.4 is 5.32 Å². The van der Waals surface area contributed by atoms with Gasteiger partial charge < -0.3 is 10.2 Å². The van der Waals surface area contributed by atoms with Crippen LogP contribution in [0.25, 0.3) is 0 Å². The fourth-order valence-corrected chi connectivity index (χ4v) is 2.51. The Bertz CT molecular complexity index is 342. The van der Waals surface area contributed by atoms with Crippen LogP contribution in [0.15, 0.2) is 10.9 Å². The molecule has 4 nitrogen and oxygen atoms in total. The first-order chi connectivity index (χ1) is 7.77. The van der Waals surface area contributed by atoms with Gasteiger partial charge in [0.2, 0.25) is 5.91 Å². The zero-order valence-electron chi connectivity index (χ0n) is 10.3. The Balaban J connectivity index is 0.00000144. The van der Waals surface area contributed by atoms with E-state index >= 15 is 0 Å². The van der Waals surface area contributed by atoms with Crippen molar-refractivity contribution >= 4 is 42.1 Å². The highest BCUT2D eigenvalue weighted by Gasteiger charge is 2.23. The Labute approximate surface area is 124 Å². The van der Waals surface area contributed by atoms with Crippen LogP contribution in [0.4, 0.5) is 0 Å². The Morgan fingerprint density at radius 1 is 1.56 bits per heavy atom. The van der Waals surface area contributed by atoms with Gasteiger partial charge in [-0.25, -0.2) is 4.98 Å². The van der Waals surface area contributed by atoms with Gasteiger partial charge in [-0.05, 0) is 19.4 Å². The van der Waals surface area contributed by atoms with E-state index in [-0.39, 0.29) is 36.8 Å². The summed E-state index contributed by atoms with van der Waals surface area (Å²) in [6.45, 7) is 1.57. The molecule has 18 heavy (non-hydrogen) atoms. The largest absolute Gasteiger partial charge is 0.338 e. The van der Waals surface area contributed by atoms with E-state index in [4.69, 9.17) is 0 Å². The van der Waals surface area contributed by atoms with Crippen LogP contribution in [-0.2, 0) is 11.3 Å². The molecular formula is C11H19Cl2N3OS. The van der Waals surface area contributed by atoms with E-state index in [1.807, 2.05) is 12.4 Å². The lowest BCUT2D eigenvalue weighted by Gasteiger charge is -2.27. The zero-order chi connectivity index (χ0) is 11.4. The molecule has 104 valence electrons. The van der Waals surface area contributed by atoms with Gasteiger partial charge in [-0.3, -0.25) is 4.79 Å². The Morgan fingerprint density at radius 3 is 2.89 bits per heavy atom. The van der Waals surface area contributed by atoms with Gasteiger partial charge in [-0.2, -0.15) is 0 Å². The standard InChI is InChI=1S/C11H17N3OS.2ClH/c1-14(6-9-7-16-8-13-9)11(15)10-4-2-3-5-12-10;;/h7-8,10,12H,2-6H2,1H3;2*1H/t10-;;/m0../s1. The summed E-state index contributed by atoms with van der Waals surface area (Å²) in [5, 5.41) is 5.25. The maximum absolute atomic E-state index is 12.1. The van der Waals surface area contributed by atoms with Crippen LogP contribution in [-0.4, -0.2) is 35.4 Å². The van der Waals surface area contributed by atoms with Crippen molar-refractivity contribution in [2.45, 2.75) is 31.8 Å². The molecule has 0 aliphatic carbocycles. The minimum atomic E-state index is 0. The average molecular weight is 312 g/mol. The maximum Gasteiger partial charge on any atom is 0.239 e. The van der Waals surface area contributed by atoms with Crippen molar-refractivity contribution < 1.29 is 4.79 Å². The van der Waals surface area contributed by atoms with Gasteiger partial charge in [0, 0.05) is 12.4 Å². The first kappa shape index (κ1) is 17.6. The van der Waals surface area contributed by atoms with Crippen molar-refractivity contribution in [2.24, 2.45) is 0 Å². The highest BCUT2D eigenvalue weighted by Crippen LogP contribution is 2.11. The molecule has 1 aliphatic heterocycles. The fourth-order valence-electron chi connectivity index (χ4n) is 1.97. The molecule has 1 saturated heterocycles. The lowest BCUT2D eigenvalue weighted by atomic mass is 10.0. The van der Waals surface area contributed by atoms with Crippen LogP contribution in [0.1, 0.15) is 25.0 Å². The molecule has 2 rings (SSSR count). The first-order valence-corrected chi connectivity index (χ1v) is 6.57. The molecule has 1 amide bonds. The number of amides is 1. The number of hydrogen-bond donors (Lipinski definition) is 1. The van der Waals surface area contributed by atoms with E-state index < -0.39 is 0 Å². The third-order valence-electron chi connectivity index (χ3n) is 2.87. The summed E-state index contributed by atoms with van der Waals surface area (Å²) in [5.74, 6) is 0.188. The molecule has 7 heteroatoms. The second-order valence-corrected chi connectivity index (χ2v) is 4.90. The second-order valence-electron chi connectivity index (χ2n) is 4.18. The monoisotopic (exact) mass is 311 g/mol. The molecular weight excluding hydrogens is 293 g/mol. The molecule has 1 N–H and O–H groups in total. The number of nitrogens with one attached hydrogen (secondary N) is 1. The highest BCUT2D eigenvalue weighted by atomic mass is 35.5. The Morgan fingerprint density at radius 2 is 2.33 bits per heavy atom. The predicted octanol–water partition coefficient (Wildman–Crippen LogP) is 2.09. The van der Waals surface area contributed by atoms with Gasteiger partial charge in [0.25, 0.3) is 0 Å². The second kappa shape index (κ2) is 8.69. The summed E-state index contributed by atoms with van der Waals surface area (Å²) in [7, 11) is 1.85. The number of nitrogens with zero attached hydrogens (tertiary/aromatic N) is 2. The van der Waals surface area contributed by atoms with Crippen molar-refractivity contribution in [3.63, 3.8) is 0 Å². The molecule has 1 aromatic rings. The Kier molecular flexibility index (Phi) is 8.52. The normalized spacial score (nSPS) is 18.4. The molecule has 1 atom stereocenters. The van der Waals surface area contributed by atoms with Crippen LogP contribution in [0.2, 0.25) is 0 Å². The van der Waals surface area contributed by atoms with E-state index in [2.05, 4.69) is 10.3 Å². The van der Waals surface area contributed by atoms with Crippen molar-refractivity contribution in [1.82, 2.24) is 15.2 Å². The third-order valence-corrected chi connectivity index (χ3v) is 3.50. The number of thiazole rings is 1. The number of carbonyl (C=O) groups is 1. The van der Waals surface area contributed by atoms with Crippen molar-refractivity contribution in [2.75, 3.05) is 13.6 Å². The van der Waals surface area contributed by atoms with Gasteiger partial charge in [0.05, 0.1) is 23.8 Å². The molecule has 0 spiro atoms. The van der Waals surface area contributed by atoms with E-state index in [1.165, 1.54) is 6.42 Å². The van der Waals surface area contributed by atoms with Crippen molar-refractivity contribution in [1.29, 1.82) is 0 Å².